The van der Waals surface area contributed by atoms with Crippen molar-refractivity contribution in [1.82, 2.24) is 0 Å². The zero-order chi connectivity index (χ0) is 17.8. The number of hydrogen-bond donors (Lipinski definition) is 1. The average Bonchev–Trinajstić information content (AvgIpc) is 2.49. The molecular formula is C17H27BO5. The lowest BCUT2D eigenvalue weighted by Gasteiger charge is -2.37. The van der Waals surface area contributed by atoms with Crippen molar-refractivity contribution in [3.63, 3.8) is 0 Å². The van der Waals surface area contributed by atoms with Crippen LogP contribution in [0.4, 0.5) is 0 Å². The second-order valence-corrected chi connectivity index (χ2v) is 6.54. The molecule has 0 spiro atoms. The van der Waals surface area contributed by atoms with Gasteiger partial charge in [-0.1, -0.05) is 13.0 Å². The highest BCUT2D eigenvalue weighted by molar-refractivity contribution is 6.47. The van der Waals surface area contributed by atoms with Gasteiger partial charge in [0.2, 0.25) is 0 Å². The number of aryl methyl sites for hydroxylation is 1. The molecule has 0 aliphatic heterocycles. The second kappa shape index (κ2) is 7.36. The molecule has 5 nitrogen and oxygen atoms in total. The van der Waals surface area contributed by atoms with Crippen molar-refractivity contribution < 1.29 is 24.0 Å². The maximum absolute atomic E-state index is 12.0. The van der Waals surface area contributed by atoms with Gasteiger partial charge in [-0.2, -0.15) is 0 Å². The number of ether oxygens (including phenoxy) is 2. The first-order chi connectivity index (χ1) is 10.6. The minimum absolute atomic E-state index is 0.307. The third-order valence-corrected chi connectivity index (χ3v) is 4.31. The van der Waals surface area contributed by atoms with Gasteiger partial charge in [-0.15, -0.1) is 0 Å². The topological polar surface area (TPSA) is 65.0 Å². The fourth-order valence-corrected chi connectivity index (χ4v) is 2.03. The fourth-order valence-electron chi connectivity index (χ4n) is 2.03. The third-order valence-electron chi connectivity index (χ3n) is 4.31. The van der Waals surface area contributed by atoms with E-state index in [0.29, 0.717) is 25.2 Å². The molecule has 0 bridgehead atoms. The Morgan fingerprint density at radius 1 is 1.22 bits per heavy atom. The lowest BCUT2D eigenvalue weighted by Crippen LogP contribution is -2.49. The van der Waals surface area contributed by atoms with Crippen LogP contribution in [0, 0.1) is 0 Å². The molecule has 1 rings (SSSR count). The Hall–Kier alpha value is -1.53. The van der Waals surface area contributed by atoms with Crippen LogP contribution in [0.3, 0.4) is 0 Å². The largest absolute Gasteiger partial charge is 0.496 e. The molecule has 128 valence electrons. The monoisotopic (exact) mass is 322 g/mol. The van der Waals surface area contributed by atoms with E-state index in [9.17, 15) is 9.90 Å². The number of hydrogen-bond acceptors (Lipinski definition) is 5. The van der Waals surface area contributed by atoms with Gasteiger partial charge in [0.15, 0.2) is 0 Å². The predicted molar refractivity (Wildman–Crippen MR) is 92.0 cm³/mol. The summed E-state index contributed by atoms with van der Waals surface area (Å²) in [6.45, 7) is 9.07. The average molecular weight is 322 g/mol. The molecular weight excluding hydrogens is 295 g/mol. The summed E-state index contributed by atoms with van der Waals surface area (Å²) in [6.07, 6.45) is 0.670. The van der Waals surface area contributed by atoms with Gasteiger partial charge in [-0.05, 0) is 51.2 Å². The van der Waals surface area contributed by atoms with Crippen LogP contribution >= 0.6 is 0 Å². The third kappa shape index (κ3) is 4.48. The van der Waals surface area contributed by atoms with Crippen LogP contribution in [0.1, 0.15) is 50.5 Å². The van der Waals surface area contributed by atoms with E-state index in [2.05, 4.69) is 0 Å². The lowest BCUT2D eigenvalue weighted by atomic mass is 9.81. The normalized spacial score (nSPS) is 12.0. The van der Waals surface area contributed by atoms with Gasteiger partial charge < -0.3 is 19.2 Å². The molecule has 1 aromatic carbocycles. The van der Waals surface area contributed by atoms with Crippen LogP contribution in [0.25, 0.3) is 0 Å². The molecule has 0 saturated heterocycles. The minimum Gasteiger partial charge on any atom is -0.496 e. The molecule has 0 saturated carbocycles. The predicted octanol–water partition coefficient (Wildman–Crippen LogP) is 1.59. The lowest BCUT2D eigenvalue weighted by molar-refractivity contribution is -0.0893. The molecule has 0 atom stereocenters. The molecule has 0 aliphatic rings. The molecule has 0 aromatic heterocycles. The van der Waals surface area contributed by atoms with Gasteiger partial charge in [-0.3, -0.25) is 0 Å². The summed E-state index contributed by atoms with van der Waals surface area (Å²) in [7, 11) is 3.18. The summed E-state index contributed by atoms with van der Waals surface area (Å²) in [5.41, 5.74) is 0.479. The fraction of sp³-hybridized carbons (Fsp3) is 0.588. The van der Waals surface area contributed by atoms with E-state index >= 15 is 0 Å². The number of methoxy groups -OCH3 is 2. The van der Waals surface area contributed by atoms with Crippen molar-refractivity contribution in [1.29, 1.82) is 0 Å². The molecule has 1 aromatic rings. The smallest absolute Gasteiger partial charge is 0.341 e. The van der Waals surface area contributed by atoms with E-state index in [1.807, 2.05) is 26.8 Å². The van der Waals surface area contributed by atoms with Crippen molar-refractivity contribution in [2.45, 2.75) is 52.2 Å². The highest BCUT2D eigenvalue weighted by Crippen LogP contribution is 2.25. The molecule has 0 unspecified atom stereocenters. The summed E-state index contributed by atoms with van der Waals surface area (Å²) in [6, 6.07) is 3.68. The van der Waals surface area contributed by atoms with Gasteiger partial charge in [0.25, 0.3) is 0 Å². The molecule has 6 heteroatoms. The maximum Gasteiger partial charge on any atom is 0.341 e. The van der Waals surface area contributed by atoms with E-state index in [0.717, 1.165) is 11.0 Å². The van der Waals surface area contributed by atoms with E-state index < -0.39 is 17.2 Å². The zero-order valence-electron chi connectivity index (χ0n) is 15.1. The Morgan fingerprint density at radius 3 is 2.26 bits per heavy atom. The Kier molecular flexibility index (Phi) is 6.25. The van der Waals surface area contributed by atoms with Crippen molar-refractivity contribution in [2.24, 2.45) is 0 Å². The molecule has 0 heterocycles. The van der Waals surface area contributed by atoms with Crippen LogP contribution in [0.15, 0.2) is 12.1 Å². The first-order valence-corrected chi connectivity index (χ1v) is 7.71. The quantitative estimate of drug-likeness (QED) is 0.610. The summed E-state index contributed by atoms with van der Waals surface area (Å²) in [5.74, 6) is 0.0545. The molecule has 0 fully saturated rings. The number of rotatable bonds is 7. The van der Waals surface area contributed by atoms with Gasteiger partial charge in [0.1, 0.15) is 11.3 Å². The first-order valence-electron chi connectivity index (χ1n) is 7.71. The second-order valence-electron chi connectivity index (χ2n) is 6.54. The van der Waals surface area contributed by atoms with Gasteiger partial charge >= 0.3 is 13.5 Å². The highest BCUT2D eigenvalue weighted by Gasteiger charge is 2.35. The highest BCUT2D eigenvalue weighted by atomic mass is 16.5. The van der Waals surface area contributed by atoms with Crippen molar-refractivity contribution in [2.75, 3.05) is 14.2 Å². The zero-order valence-corrected chi connectivity index (χ0v) is 15.1. The standard InChI is InChI=1S/C17H27BO5/c1-8-11-9-12(18-23-17(4,5)16(2,3)20)10-13(21-6)14(11)15(19)22-7/h9-10,18,20H,8H2,1-7H3. The summed E-state index contributed by atoms with van der Waals surface area (Å²) in [4.78, 5) is 12.0. The van der Waals surface area contributed by atoms with Crippen LogP contribution in [-0.2, 0) is 15.8 Å². The molecule has 1 N–H and O–H groups in total. The van der Waals surface area contributed by atoms with Gasteiger partial charge in [-0.25, -0.2) is 4.79 Å². The van der Waals surface area contributed by atoms with Gasteiger partial charge in [0.05, 0.1) is 25.4 Å². The summed E-state index contributed by atoms with van der Waals surface area (Å²) in [5, 5.41) is 10.2. The number of carbonyl (C=O) groups excluding carboxylic acids is 1. The Bertz CT molecular complexity index is 536. The van der Waals surface area contributed by atoms with Gasteiger partial charge in [0, 0.05) is 0 Å². The van der Waals surface area contributed by atoms with Crippen LogP contribution in [0.5, 0.6) is 5.75 Å². The Balaban J connectivity index is 3.13. The van der Waals surface area contributed by atoms with Crippen molar-refractivity contribution in [3.8, 4) is 5.75 Å². The molecule has 0 radical (unpaired) electrons. The number of esters is 1. The summed E-state index contributed by atoms with van der Waals surface area (Å²) >= 11 is 0. The molecule has 0 amide bonds. The Morgan fingerprint density at radius 2 is 1.83 bits per heavy atom. The SMILES string of the molecule is CCc1cc(BOC(C)(C)C(C)(C)O)cc(OC)c1C(=O)OC. The van der Waals surface area contributed by atoms with Crippen LogP contribution in [-0.4, -0.2) is 44.0 Å². The van der Waals surface area contributed by atoms with Crippen molar-refractivity contribution in [3.05, 3.63) is 23.3 Å². The van der Waals surface area contributed by atoms with Crippen LogP contribution < -0.4 is 10.2 Å². The van der Waals surface area contributed by atoms with E-state index in [-0.39, 0.29) is 0 Å². The summed E-state index contributed by atoms with van der Waals surface area (Å²) < 4.78 is 16.1. The van der Waals surface area contributed by atoms with Crippen LogP contribution in [0.2, 0.25) is 0 Å². The van der Waals surface area contributed by atoms with E-state index in [4.69, 9.17) is 14.1 Å². The molecule has 0 aliphatic carbocycles. The van der Waals surface area contributed by atoms with Crippen molar-refractivity contribution >= 4 is 18.9 Å². The number of carbonyl (C=O) groups is 1. The first kappa shape index (κ1) is 19.5. The minimum atomic E-state index is -0.976. The maximum atomic E-state index is 12.0. The van der Waals surface area contributed by atoms with E-state index in [1.165, 1.54) is 14.2 Å². The number of benzene rings is 1. The van der Waals surface area contributed by atoms with E-state index in [1.54, 1.807) is 19.9 Å². The number of aliphatic hydroxyl groups is 1. The Labute approximate surface area is 139 Å². The molecule has 23 heavy (non-hydrogen) atoms.